The molecule has 3 rings (SSSR count). The molecule has 0 spiro atoms. The summed E-state index contributed by atoms with van der Waals surface area (Å²) in [6, 6.07) is 9.65. The molecule has 2 radical (unpaired) electrons. The molecule has 0 amide bonds. The van der Waals surface area contributed by atoms with Gasteiger partial charge in [0.1, 0.15) is 13.7 Å². The minimum absolute atomic E-state index is 0.355. The van der Waals surface area contributed by atoms with E-state index in [1.165, 1.54) is 0 Å². The van der Waals surface area contributed by atoms with Crippen LogP contribution in [0.4, 0.5) is 5.82 Å². The molecule has 7 heteroatoms. The van der Waals surface area contributed by atoms with Crippen LogP contribution in [0, 0.1) is 22.7 Å². The summed E-state index contributed by atoms with van der Waals surface area (Å²) in [7, 11) is 7.98. The number of nitrogens with one attached hydrogen (secondary N) is 3. The highest BCUT2D eigenvalue weighted by Crippen LogP contribution is 2.39. The summed E-state index contributed by atoms with van der Waals surface area (Å²) >= 11 is 0. The fourth-order valence-electron chi connectivity index (χ4n) is 2.87. The number of hydrogen-bond donors (Lipinski definition) is 3. The van der Waals surface area contributed by atoms with Crippen molar-refractivity contribution in [3.8, 4) is 12.1 Å². The Balaban J connectivity index is 2.24. The van der Waals surface area contributed by atoms with E-state index in [0.29, 0.717) is 23.1 Å². The zero-order chi connectivity index (χ0) is 16.4. The summed E-state index contributed by atoms with van der Waals surface area (Å²) in [6.07, 6.45) is 1.68. The maximum atomic E-state index is 9.69. The fourth-order valence-corrected chi connectivity index (χ4v) is 2.87. The lowest BCUT2D eigenvalue weighted by Crippen LogP contribution is -2.27. The molecule has 3 N–H and O–H groups in total. The Kier molecular flexibility index (Phi) is 3.88. The van der Waals surface area contributed by atoms with E-state index in [0.717, 1.165) is 22.6 Å². The lowest BCUT2D eigenvalue weighted by Gasteiger charge is -2.27. The Morgan fingerprint density at radius 3 is 2.83 bits per heavy atom. The number of likely N-dealkylation sites (N-methyl/N-ethyl adjacent to an activating group) is 1. The van der Waals surface area contributed by atoms with E-state index in [4.69, 9.17) is 7.85 Å². The Labute approximate surface area is 135 Å². The van der Waals surface area contributed by atoms with E-state index in [2.05, 4.69) is 33.0 Å². The average molecular weight is 300 g/mol. The smallest absolute Gasteiger partial charge is 0.129 e. The number of fused-ring (bicyclic) bond motifs is 1. The number of anilines is 1. The summed E-state index contributed by atoms with van der Waals surface area (Å²) < 4.78 is 0. The predicted molar refractivity (Wildman–Crippen MR) is 87.2 cm³/mol. The Bertz CT molecular complexity index is 867. The third-order valence-electron chi connectivity index (χ3n) is 3.91. The summed E-state index contributed by atoms with van der Waals surface area (Å²) in [6.45, 7) is 0.510. The number of aromatic nitrogens is 2. The molecule has 0 saturated heterocycles. The van der Waals surface area contributed by atoms with Gasteiger partial charge < -0.3 is 10.6 Å². The van der Waals surface area contributed by atoms with Gasteiger partial charge in [0, 0.05) is 23.4 Å². The number of H-pyrrole nitrogens is 1. The molecule has 1 aromatic heterocycles. The van der Waals surface area contributed by atoms with Gasteiger partial charge in [-0.1, -0.05) is 17.6 Å². The molecular weight excluding hydrogens is 287 g/mol. The van der Waals surface area contributed by atoms with Gasteiger partial charge in [0.25, 0.3) is 0 Å². The van der Waals surface area contributed by atoms with Crippen LogP contribution in [0.2, 0.25) is 0 Å². The number of hydrogen-bond acceptors (Lipinski definition) is 5. The van der Waals surface area contributed by atoms with Crippen LogP contribution in [0.25, 0.3) is 0 Å². The van der Waals surface area contributed by atoms with Crippen molar-refractivity contribution in [2.75, 3.05) is 18.9 Å². The van der Waals surface area contributed by atoms with Gasteiger partial charge >= 0.3 is 0 Å². The van der Waals surface area contributed by atoms with Crippen LogP contribution in [0.5, 0.6) is 0 Å². The topological polar surface area (TPSA) is 100 Å². The molecule has 2 heterocycles. The van der Waals surface area contributed by atoms with Crippen molar-refractivity contribution in [2.24, 2.45) is 0 Å². The minimum atomic E-state index is -0.355. The summed E-state index contributed by atoms with van der Waals surface area (Å²) in [5, 5.41) is 32.1. The van der Waals surface area contributed by atoms with Gasteiger partial charge in [-0.25, -0.2) is 0 Å². The van der Waals surface area contributed by atoms with Crippen molar-refractivity contribution in [2.45, 2.75) is 5.92 Å². The molecule has 110 valence electrons. The standard InChI is InChI=1S/C16H13BN6/c1-20-8-13-11(6-19)14(12-7-21-23-16(12)22-13)10-4-2-3-9(5-18)15(10)17/h2-4,7,14,20H,8H2,1H3,(H2,21,22,23). The quantitative estimate of drug-likeness (QED) is 0.722. The van der Waals surface area contributed by atoms with E-state index < -0.39 is 0 Å². The van der Waals surface area contributed by atoms with Crippen molar-refractivity contribution in [3.63, 3.8) is 0 Å². The maximum Gasteiger partial charge on any atom is 0.129 e. The SMILES string of the molecule is [B]c1c(C#N)cccc1C1C(C#N)=C(CNC)Nc2[nH]ncc21. The van der Waals surface area contributed by atoms with Crippen molar-refractivity contribution in [3.05, 3.63) is 52.4 Å². The highest BCUT2D eigenvalue weighted by Gasteiger charge is 2.31. The van der Waals surface area contributed by atoms with E-state index >= 15 is 0 Å². The van der Waals surface area contributed by atoms with Crippen molar-refractivity contribution in [1.82, 2.24) is 15.5 Å². The summed E-state index contributed by atoms with van der Waals surface area (Å²) in [4.78, 5) is 0. The van der Waals surface area contributed by atoms with Gasteiger partial charge in [-0.2, -0.15) is 15.6 Å². The van der Waals surface area contributed by atoms with Crippen LogP contribution in [0.3, 0.4) is 0 Å². The molecule has 0 aliphatic carbocycles. The van der Waals surface area contributed by atoms with Crippen LogP contribution in [-0.2, 0) is 0 Å². The third kappa shape index (κ3) is 2.38. The average Bonchev–Trinajstić information content (AvgIpc) is 3.02. The number of benzene rings is 1. The van der Waals surface area contributed by atoms with E-state index in [1.54, 1.807) is 18.3 Å². The van der Waals surface area contributed by atoms with Crippen LogP contribution in [0.1, 0.15) is 22.6 Å². The van der Waals surface area contributed by atoms with E-state index in [1.807, 2.05) is 13.1 Å². The molecule has 1 unspecified atom stereocenters. The second kappa shape index (κ2) is 6.00. The van der Waals surface area contributed by atoms with Gasteiger partial charge in [0.2, 0.25) is 0 Å². The van der Waals surface area contributed by atoms with Gasteiger partial charge in [0.15, 0.2) is 0 Å². The summed E-state index contributed by atoms with van der Waals surface area (Å²) in [5.74, 6) is 0.382. The largest absolute Gasteiger partial charge is 0.342 e. The number of nitrogens with zero attached hydrogens (tertiary/aromatic N) is 3. The second-order valence-corrected chi connectivity index (χ2v) is 5.21. The lowest BCUT2D eigenvalue weighted by atomic mass is 9.75. The second-order valence-electron chi connectivity index (χ2n) is 5.21. The Morgan fingerprint density at radius 1 is 1.30 bits per heavy atom. The predicted octanol–water partition coefficient (Wildman–Crippen LogP) is 0.630. The highest BCUT2D eigenvalue weighted by atomic mass is 15.2. The molecule has 1 aromatic carbocycles. The number of rotatable bonds is 3. The zero-order valence-electron chi connectivity index (χ0n) is 12.5. The van der Waals surface area contributed by atoms with Crippen molar-refractivity contribution < 1.29 is 0 Å². The Hall–Kier alpha value is -3.03. The van der Waals surface area contributed by atoms with E-state index in [9.17, 15) is 10.5 Å². The molecule has 2 aromatic rings. The number of aromatic amines is 1. The molecule has 1 aliphatic rings. The molecule has 0 saturated carbocycles. The summed E-state index contributed by atoms with van der Waals surface area (Å²) in [5.41, 5.74) is 3.69. The van der Waals surface area contributed by atoms with Crippen LogP contribution < -0.4 is 16.1 Å². The first kappa shape index (κ1) is 14.9. The maximum absolute atomic E-state index is 9.69. The zero-order valence-corrected chi connectivity index (χ0v) is 12.5. The van der Waals surface area contributed by atoms with Crippen LogP contribution in [-0.4, -0.2) is 31.6 Å². The molecule has 0 fully saturated rings. The van der Waals surface area contributed by atoms with Crippen LogP contribution >= 0.6 is 0 Å². The van der Waals surface area contributed by atoms with Gasteiger partial charge in [-0.3, -0.25) is 5.10 Å². The van der Waals surface area contributed by atoms with Gasteiger partial charge in [-0.15, -0.1) is 0 Å². The molecular formula is C16H13BN6. The first-order valence-electron chi connectivity index (χ1n) is 7.07. The molecule has 1 atom stereocenters. The van der Waals surface area contributed by atoms with Gasteiger partial charge in [-0.05, 0) is 18.7 Å². The van der Waals surface area contributed by atoms with Gasteiger partial charge in [0.05, 0.1) is 29.8 Å². The Morgan fingerprint density at radius 2 is 2.13 bits per heavy atom. The number of allylic oxidation sites excluding steroid dienone is 1. The van der Waals surface area contributed by atoms with Crippen LogP contribution in [0.15, 0.2) is 35.7 Å². The first-order valence-corrected chi connectivity index (χ1v) is 7.07. The monoisotopic (exact) mass is 300 g/mol. The number of nitriles is 2. The third-order valence-corrected chi connectivity index (χ3v) is 3.91. The first-order chi connectivity index (χ1) is 11.2. The molecule has 6 nitrogen and oxygen atoms in total. The normalized spacial score (nSPS) is 16.2. The molecule has 23 heavy (non-hydrogen) atoms. The lowest BCUT2D eigenvalue weighted by molar-refractivity contribution is 0.840. The molecule has 1 aliphatic heterocycles. The minimum Gasteiger partial charge on any atom is -0.342 e. The van der Waals surface area contributed by atoms with E-state index in [-0.39, 0.29) is 5.92 Å². The fraction of sp³-hybridized carbons (Fsp3) is 0.188. The molecule has 0 bridgehead atoms. The van der Waals surface area contributed by atoms with Crippen molar-refractivity contribution in [1.29, 1.82) is 10.5 Å². The highest BCUT2D eigenvalue weighted by molar-refractivity contribution is 6.35. The van der Waals surface area contributed by atoms with Crippen molar-refractivity contribution >= 4 is 19.1 Å².